The minimum Gasteiger partial charge on any atom is -0.309 e. The minimum absolute atomic E-state index is 0.235. The lowest BCUT2D eigenvalue weighted by Gasteiger charge is -2.19. The Balaban J connectivity index is 1.83. The number of likely N-dealkylation sites (tertiary alicyclic amines) is 1. The van der Waals surface area contributed by atoms with Crippen molar-refractivity contribution in [2.45, 2.75) is 25.8 Å². The Kier molecular flexibility index (Phi) is 5.31. The van der Waals surface area contributed by atoms with E-state index >= 15 is 0 Å². The maximum absolute atomic E-state index is 6.21. The smallest absolute Gasteiger partial charge is 0.0639 e. The zero-order valence-corrected chi connectivity index (χ0v) is 12.3. The first-order chi connectivity index (χ1) is 8.68. The van der Waals surface area contributed by atoms with Crippen molar-refractivity contribution in [3.8, 4) is 0 Å². The van der Waals surface area contributed by atoms with Gasteiger partial charge in [-0.05, 0) is 44.5 Å². The summed E-state index contributed by atoms with van der Waals surface area (Å²) in [5.41, 5.74) is 1.07. The van der Waals surface area contributed by atoms with E-state index in [9.17, 15) is 0 Å². The average molecular weight is 287 g/mol. The van der Waals surface area contributed by atoms with E-state index in [0.717, 1.165) is 18.7 Å². The van der Waals surface area contributed by atoms with Crippen molar-refractivity contribution in [1.82, 2.24) is 10.2 Å². The van der Waals surface area contributed by atoms with Crippen LogP contribution in [0.2, 0.25) is 10.0 Å². The van der Waals surface area contributed by atoms with Gasteiger partial charge in [0, 0.05) is 19.1 Å². The summed E-state index contributed by atoms with van der Waals surface area (Å²) in [5, 5.41) is 4.80. The molecule has 1 aromatic rings. The monoisotopic (exact) mass is 286 g/mol. The van der Waals surface area contributed by atoms with Crippen LogP contribution in [0.1, 0.15) is 31.4 Å². The molecule has 0 spiro atoms. The fourth-order valence-electron chi connectivity index (χ4n) is 2.41. The van der Waals surface area contributed by atoms with Crippen LogP contribution >= 0.6 is 23.2 Å². The van der Waals surface area contributed by atoms with E-state index in [-0.39, 0.29) is 6.04 Å². The second-order valence-corrected chi connectivity index (χ2v) is 5.65. The van der Waals surface area contributed by atoms with Crippen LogP contribution in [0.5, 0.6) is 0 Å². The second kappa shape index (κ2) is 6.76. The minimum atomic E-state index is 0.235. The summed E-state index contributed by atoms with van der Waals surface area (Å²) >= 11 is 12.2. The molecule has 1 aromatic carbocycles. The van der Waals surface area contributed by atoms with Gasteiger partial charge in [-0.2, -0.15) is 0 Å². The second-order valence-electron chi connectivity index (χ2n) is 4.87. The predicted molar refractivity (Wildman–Crippen MR) is 78.6 cm³/mol. The zero-order chi connectivity index (χ0) is 13.0. The first-order valence-corrected chi connectivity index (χ1v) is 7.33. The molecular weight excluding hydrogens is 267 g/mol. The van der Waals surface area contributed by atoms with Crippen LogP contribution in [-0.4, -0.2) is 31.1 Å². The Labute approximate surface area is 119 Å². The first kappa shape index (κ1) is 14.1. The van der Waals surface area contributed by atoms with E-state index in [2.05, 4.69) is 17.1 Å². The molecule has 4 heteroatoms. The quantitative estimate of drug-likeness (QED) is 0.887. The van der Waals surface area contributed by atoms with Gasteiger partial charge in [0.05, 0.1) is 10.0 Å². The third-order valence-electron chi connectivity index (χ3n) is 3.53. The summed E-state index contributed by atoms with van der Waals surface area (Å²) in [6, 6.07) is 6.03. The molecule has 2 rings (SSSR count). The van der Waals surface area contributed by atoms with Crippen LogP contribution in [-0.2, 0) is 0 Å². The molecule has 0 saturated carbocycles. The highest BCUT2D eigenvalue weighted by molar-refractivity contribution is 6.42. The summed E-state index contributed by atoms with van der Waals surface area (Å²) in [6.45, 7) is 6.72. The molecule has 1 atom stereocenters. The highest BCUT2D eigenvalue weighted by Gasteiger charge is 2.13. The highest BCUT2D eigenvalue weighted by Crippen LogP contribution is 2.29. The molecule has 100 valence electrons. The molecule has 18 heavy (non-hydrogen) atoms. The Bertz CT molecular complexity index is 389. The maximum atomic E-state index is 6.21. The highest BCUT2D eigenvalue weighted by atomic mass is 35.5. The Hall–Kier alpha value is -0.280. The van der Waals surface area contributed by atoms with Crippen molar-refractivity contribution in [1.29, 1.82) is 0 Å². The van der Waals surface area contributed by atoms with Crippen molar-refractivity contribution in [2.75, 3.05) is 26.2 Å². The van der Waals surface area contributed by atoms with Crippen LogP contribution < -0.4 is 5.32 Å². The molecule has 0 amide bonds. The van der Waals surface area contributed by atoms with E-state index in [1.807, 2.05) is 18.2 Å². The van der Waals surface area contributed by atoms with Gasteiger partial charge >= 0.3 is 0 Å². The van der Waals surface area contributed by atoms with Gasteiger partial charge in [-0.1, -0.05) is 35.3 Å². The SMILES string of the molecule is CC(NCCN1CCCC1)c1cccc(Cl)c1Cl. The van der Waals surface area contributed by atoms with Crippen molar-refractivity contribution < 1.29 is 0 Å². The molecule has 1 aliphatic heterocycles. The van der Waals surface area contributed by atoms with Crippen LogP contribution in [0.4, 0.5) is 0 Å². The number of hydrogen-bond acceptors (Lipinski definition) is 2. The third-order valence-corrected chi connectivity index (χ3v) is 4.36. The molecule has 0 radical (unpaired) electrons. The van der Waals surface area contributed by atoms with Crippen molar-refractivity contribution in [3.05, 3.63) is 33.8 Å². The summed E-state index contributed by atoms with van der Waals surface area (Å²) in [4.78, 5) is 2.50. The van der Waals surface area contributed by atoms with Crippen LogP contribution in [0.15, 0.2) is 18.2 Å². The van der Waals surface area contributed by atoms with Gasteiger partial charge in [0.25, 0.3) is 0 Å². The van der Waals surface area contributed by atoms with Crippen molar-refractivity contribution in [3.63, 3.8) is 0 Å². The van der Waals surface area contributed by atoms with Gasteiger partial charge in [0.1, 0.15) is 0 Å². The van der Waals surface area contributed by atoms with Crippen LogP contribution in [0.3, 0.4) is 0 Å². The maximum Gasteiger partial charge on any atom is 0.0639 e. The molecular formula is C14H20Cl2N2. The molecule has 1 unspecified atom stereocenters. The van der Waals surface area contributed by atoms with Gasteiger partial charge in [-0.15, -0.1) is 0 Å². The van der Waals surface area contributed by atoms with E-state index in [0.29, 0.717) is 10.0 Å². The fraction of sp³-hybridized carbons (Fsp3) is 0.571. The first-order valence-electron chi connectivity index (χ1n) is 6.58. The molecule has 1 saturated heterocycles. The van der Waals surface area contributed by atoms with E-state index in [4.69, 9.17) is 23.2 Å². The van der Waals surface area contributed by atoms with Gasteiger partial charge in [0.2, 0.25) is 0 Å². The molecule has 1 N–H and O–H groups in total. The molecule has 0 aliphatic carbocycles. The largest absolute Gasteiger partial charge is 0.309 e. The molecule has 0 bridgehead atoms. The summed E-state index contributed by atoms with van der Waals surface area (Å²) < 4.78 is 0. The lowest BCUT2D eigenvalue weighted by molar-refractivity contribution is 0.330. The van der Waals surface area contributed by atoms with E-state index in [1.54, 1.807) is 0 Å². The van der Waals surface area contributed by atoms with Crippen LogP contribution in [0, 0.1) is 0 Å². The predicted octanol–water partition coefficient (Wildman–Crippen LogP) is 3.74. The summed E-state index contributed by atoms with van der Waals surface area (Å²) in [6.07, 6.45) is 2.69. The van der Waals surface area contributed by atoms with Crippen molar-refractivity contribution >= 4 is 23.2 Å². The topological polar surface area (TPSA) is 15.3 Å². The number of halogens is 2. The van der Waals surface area contributed by atoms with Crippen molar-refractivity contribution in [2.24, 2.45) is 0 Å². The Morgan fingerprint density at radius 1 is 1.28 bits per heavy atom. The molecule has 0 aromatic heterocycles. The van der Waals surface area contributed by atoms with Gasteiger partial charge < -0.3 is 10.2 Å². The van der Waals surface area contributed by atoms with Gasteiger partial charge in [-0.25, -0.2) is 0 Å². The third kappa shape index (κ3) is 3.61. The van der Waals surface area contributed by atoms with E-state index < -0.39 is 0 Å². The van der Waals surface area contributed by atoms with Gasteiger partial charge in [0.15, 0.2) is 0 Å². The molecule has 1 aliphatic rings. The number of hydrogen-bond donors (Lipinski definition) is 1. The Morgan fingerprint density at radius 3 is 2.72 bits per heavy atom. The lowest BCUT2D eigenvalue weighted by atomic mass is 10.1. The average Bonchev–Trinajstić information content (AvgIpc) is 2.85. The normalized spacial score (nSPS) is 18.2. The number of nitrogens with zero attached hydrogens (tertiary/aromatic N) is 1. The number of benzene rings is 1. The summed E-state index contributed by atoms with van der Waals surface area (Å²) in [5.74, 6) is 0. The van der Waals surface area contributed by atoms with Crippen LogP contribution in [0.25, 0.3) is 0 Å². The standard InChI is InChI=1S/C14H20Cl2N2/c1-11(12-5-4-6-13(15)14(12)16)17-7-10-18-8-2-3-9-18/h4-6,11,17H,2-3,7-10H2,1H3. The lowest BCUT2D eigenvalue weighted by Crippen LogP contribution is -2.31. The zero-order valence-electron chi connectivity index (χ0n) is 10.8. The van der Waals surface area contributed by atoms with E-state index in [1.165, 1.54) is 25.9 Å². The molecule has 1 fully saturated rings. The summed E-state index contributed by atoms with van der Waals surface area (Å²) in [7, 11) is 0. The molecule has 1 heterocycles. The molecule has 2 nitrogen and oxygen atoms in total. The Morgan fingerprint density at radius 2 is 2.00 bits per heavy atom. The fourth-order valence-corrected chi connectivity index (χ4v) is 2.88. The van der Waals surface area contributed by atoms with Gasteiger partial charge in [-0.3, -0.25) is 0 Å². The number of rotatable bonds is 5. The number of nitrogens with one attached hydrogen (secondary N) is 1.